The summed E-state index contributed by atoms with van der Waals surface area (Å²) in [6, 6.07) is 11.6. The maximum atomic E-state index is 12.8. The van der Waals surface area contributed by atoms with E-state index in [0.29, 0.717) is 11.1 Å². The quantitative estimate of drug-likeness (QED) is 0.432. The number of methoxy groups -OCH3 is 1. The summed E-state index contributed by atoms with van der Waals surface area (Å²) >= 11 is 0. The summed E-state index contributed by atoms with van der Waals surface area (Å²) in [5, 5.41) is 0. The Bertz CT molecular complexity index is 949. The molecule has 1 aliphatic carbocycles. The highest BCUT2D eigenvalue weighted by atomic mass is 16.5. The molecule has 0 amide bonds. The lowest BCUT2D eigenvalue weighted by molar-refractivity contribution is 0.0600. The topological polar surface area (TPSA) is 60.4 Å². The Kier molecular flexibility index (Phi) is 5.00. The van der Waals surface area contributed by atoms with Crippen molar-refractivity contribution >= 4 is 17.5 Å². The maximum absolute atomic E-state index is 12.8. The summed E-state index contributed by atoms with van der Waals surface area (Å²) in [5.74, 6) is -1.60. The molecule has 0 N–H and O–H groups in total. The van der Waals surface area contributed by atoms with E-state index in [1.165, 1.54) is 36.9 Å². The van der Waals surface area contributed by atoms with Crippen LogP contribution in [0.25, 0.3) is 0 Å². The number of carbonyl (C=O) groups is 3. The van der Waals surface area contributed by atoms with Crippen molar-refractivity contribution in [3.8, 4) is 0 Å². The van der Waals surface area contributed by atoms with Crippen LogP contribution in [-0.2, 0) is 15.6 Å². The first kappa shape index (κ1) is 20.0. The van der Waals surface area contributed by atoms with E-state index in [0.717, 1.165) is 18.4 Å². The average molecular weight is 378 g/mol. The standard InChI is InChI=1S/C24H26O4/c1-23(2)12-13-24(3,4)19-14-17(10-11-18(19)23)21(26)20(25)15-6-8-16(9-7-15)22(27)28-5/h6-11,14H,12-13H2,1-5H3. The van der Waals surface area contributed by atoms with E-state index in [9.17, 15) is 14.4 Å². The van der Waals surface area contributed by atoms with Gasteiger partial charge in [-0.05, 0) is 53.0 Å². The molecule has 0 atom stereocenters. The van der Waals surface area contributed by atoms with E-state index < -0.39 is 17.5 Å². The second kappa shape index (κ2) is 7.01. The van der Waals surface area contributed by atoms with Gasteiger partial charge < -0.3 is 4.74 Å². The molecule has 0 aromatic heterocycles. The molecular weight excluding hydrogens is 352 g/mol. The van der Waals surface area contributed by atoms with E-state index >= 15 is 0 Å². The first-order chi connectivity index (χ1) is 13.1. The van der Waals surface area contributed by atoms with Crippen molar-refractivity contribution in [1.82, 2.24) is 0 Å². The third-order valence-electron chi connectivity index (χ3n) is 5.89. The van der Waals surface area contributed by atoms with Gasteiger partial charge in [0.05, 0.1) is 12.7 Å². The minimum absolute atomic E-state index is 0.0354. The number of hydrogen-bond donors (Lipinski definition) is 0. The summed E-state index contributed by atoms with van der Waals surface area (Å²) in [7, 11) is 1.30. The first-order valence-corrected chi connectivity index (χ1v) is 9.49. The Morgan fingerprint density at radius 2 is 1.18 bits per heavy atom. The predicted molar refractivity (Wildman–Crippen MR) is 108 cm³/mol. The highest BCUT2D eigenvalue weighted by Gasteiger charge is 2.37. The Morgan fingerprint density at radius 3 is 1.75 bits per heavy atom. The van der Waals surface area contributed by atoms with E-state index in [2.05, 4.69) is 32.4 Å². The summed E-state index contributed by atoms with van der Waals surface area (Å²) in [4.78, 5) is 37.0. The molecule has 0 heterocycles. The fraction of sp³-hybridized carbons (Fsp3) is 0.375. The molecule has 0 spiro atoms. The molecule has 0 unspecified atom stereocenters. The molecule has 0 bridgehead atoms. The molecule has 3 rings (SSSR count). The molecule has 1 aliphatic rings. The van der Waals surface area contributed by atoms with Gasteiger partial charge >= 0.3 is 5.97 Å². The predicted octanol–water partition coefficient (Wildman–Crippen LogP) is 4.89. The zero-order valence-corrected chi connectivity index (χ0v) is 17.1. The number of ketones is 2. The highest BCUT2D eigenvalue weighted by Crippen LogP contribution is 2.45. The number of Topliss-reactive ketones (excluding diaryl/α,β-unsaturated/α-hetero) is 2. The molecule has 2 aromatic rings. The van der Waals surface area contributed by atoms with Crippen LogP contribution in [-0.4, -0.2) is 24.6 Å². The minimum atomic E-state index is -0.579. The van der Waals surface area contributed by atoms with Crippen LogP contribution in [0.1, 0.15) is 82.7 Å². The number of rotatable bonds is 4. The number of benzene rings is 2. The average Bonchev–Trinajstić information content (AvgIpc) is 2.69. The van der Waals surface area contributed by atoms with Crippen molar-refractivity contribution < 1.29 is 19.1 Å². The first-order valence-electron chi connectivity index (χ1n) is 9.49. The van der Waals surface area contributed by atoms with Crippen LogP contribution in [0.3, 0.4) is 0 Å². The Balaban J connectivity index is 1.93. The third kappa shape index (κ3) is 3.51. The minimum Gasteiger partial charge on any atom is -0.465 e. The molecule has 0 saturated carbocycles. The molecule has 4 nitrogen and oxygen atoms in total. The monoisotopic (exact) mass is 378 g/mol. The Morgan fingerprint density at radius 1 is 0.714 bits per heavy atom. The van der Waals surface area contributed by atoms with Gasteiger partial charge in [-0.15, -0.1) is 0 Å². The van der Waals surface area contributed by atoms with Gasteiger partial charge in [0.1, 0.15) is 0 Å². The van der Waals surface area contributed by atoms with Crippen LogP contribution in [0.2, 0.25) is 0 Å². The van der Waals surface area contributed by atoms with E-state index in [1.807, 2.05) is 12.1 Å². The summed E-state index contributed by atoms with van der Waals surface area (Å²) < 4.78 is 4.65. The van der Waals surface area contributed by atoms with Gasteiger partial charge in [0, 0.05) is 11.1 Å². The van der Waals surface area contributed by atoms with Crippen molar-refractivity contribution in [2.45, 2.75) is 51.4 Å². The maximum Gasteiger partial charge on any atom is 0.337 e. The van der Waals surface area contributed by atoms with Gasteiger partial charge in [-0.3, -0.25) is 9.59 Å². The fourth-order valence-corrected chi connectivity index (χ4v) is 3.87. The lowest BCUT2D eigenvalue weighted by Gasteiger charge is -2.42. The second-order valence-electron chi connectivity index (χ2n) is 8.76. The van der Waals surface area contributed by atoms with Crippen molar-refractivity contribution in [3.05, 3.63) is 70.3 Å². The van der Waals surface area contributed by atoms with Crippen LogP contribution in [0.15, 0.2) is 42.5 Å². The second-order valence-corrected chi connectivity index (χ2v) is 8.76. The largest absolute Gasteiger partial charge is 0.465 e. The lowest BCUT2D eigenvalue weighted by Crippen LogP contribution is -2.34. The Hall–Kier alpha value is -2.75. The number of fused-ring (bicyclic) bond motifs is 1. The number of esters is 1. The third-order valence-corrected chi connectivity index (χ3v) is 5.89. The number of hydrogen-bond acceptors (Lipinski definition) is 4. The normalized spacial score (nSPS) is 16.8. The van der Waals surface area contributed by atoms with Gasteiger partial charge in [0.15, 0.2) is 0 Å². The van der Waals surface area contributed by atoms with E-state index in [1.54, 1.807) is 6.07 Å². The number of ether oxygens (including phenoxy) is 1. The summed E-state index contributed by atoms with van der Waals surface area (Å²) in [5.41, 5.74) is 3.41. The van der Waals surface area contributed by atoms with Crippen LogP contribution in [0.4, 0.5) is 0 Å². The van der Waals surface area contributed by atoms with Crippen molar-refractivity contribution in [2.75, 3.05) is 7.11 Å². The molecule has 0 fully saturated rings. The van der Waals surface area contributed by atoms with Crippen molar-refractivity contribution in [1.29, 1.82) is 0 Å². The van der Waals surface area contributed by atoms with E-state index in [4.69, 9.17) is 0 Å². The molecule has 2 aromatic carbocycles. The van der Waals surface area contributed by atoms with Gasteiger partial charge in [-0.1, -0.05) is 52.0 Å². The summed E-state index contributed by atoms with van der Waals surface area (Å²) in [6.45, 7) is 8.80. The Labute approximate surface area is 165 Å². The van der Waals surface area contributed by atoms with Gasteiger partial charge in [-0.25, -0.2) is 4.79 Å². The fourth-order valence-electron chi connectivity index (χ4n) is 3.87. The zero-order valence-electron chi connectivity index (χ0n) is 17.1. The van der Waals surface area contributed by atoms with Crippen LogP contribution < -0.4 is 0 Å². The molecular formula is C24H26O4. The van der Waals surface area contributed by atoms with Crippen molar-refractivity contribution in [2.24, 2.45) is 0 Å². The molecule has 146 valence electrons. The van der Waals surface area contributed by atoms with E-state index in [-0.39, 0.29) is 16.4 Å². The lowest BCUT2D eigenvalue weighted by atomic mass is 9.63. The summed E-state index contributed by atoms with van der Waals surface area (Å²) in [6.07, 6.45) is 2.12. The molecule has 28 heavy (non-hydrogen) atoms. The molecule has 4 heteroatoms. The molecule has 0 aliphatic heterocycles. The molecule has 0 saturated heterocycles. The van der Waals surface area contributed by atoms with Crippen LogP contribution >= 0.6 is 0 Å². The van der Waals surface area contributed by atoms with Gasteiger partial charge in [0.2, 0.25) is 11.6 Å². The SMILES string of the molecule is COC(=O)c1ccc(C(=O)C(=O)c2ccc3c(c2)C(C)(C)CCC3(C)C)cc1. The van der Waals surface area contributed by atoms with Crippen molar-refractivity contribution in [3.63, 3.8) is 0 Å². The van der Waals surface area contributed by atoms with Crippen LogP contribution in [0, 0.1) is 0 Å². The number of carbonyl (C=O) groups excluding carboxylic acids is 3. The smallest absolute Gasteiger partial charge is 0.337 e. The molecule has 0 radical (unpaired) electrons. The highest BCUT2D eigenvalue weighted by molar-refractivity contribution is 6.49. The zero-order chi connectivity index (χ0) is 20.7. The van der Waals surface area contributed by atoms with Gasteiger partial charge in [-0.2, -0.15) is 0 Å². The van der Waals surface area contributed by atoms with Gasteiger partial charge in [0.25, 0.3) is 0 Å². The van der Waals surface area contributed by atoms with Crippen LogP contribution in [0.5, 0.6) is 0 Å².